The molecule has 0 spiro atoms. The Labute approximate surface area is 186 Å². The number of hydrogen-bond donors (Lipinski definition) is 1. The van der Waals surface area contributed by atoms with E-state index >= 15 is 0 Å². The van der Waals surface area contributed by atoms with Gasteiger partial charge in [-0.1, -0.05) is 19.3 Å². The fraction of sp³-hybridized carbons (Fsp3) is 0.913. The number of hydrogen-bond acceptors (Lipinski definition) is 6. The van der Waals surface area contributed by atoms with Gasteiger partial charge in [-0.3, -0.25) is 14.6 Å². The number of amides is 1. The lowest BCUT2D eigenvalue weighted by molar-refractivity contribution is -0.139. The van der Waals surface area contributed by atoms with Crippen LogP contribution in [0.5, 0.6) is 0 Å². The summed E-state index contributed by atoms with van der Waals surface area (Å²) in [6.45, 7) is 5.36. The Morgan fingerprint density at radius 3 is 2.39 bits per heavy atom. The van der Waals surface area contributed by atoms with Gasteiger partial charge in [-0.25, -0.2) is 4.79 Å². The quantitative estimate of drug-likeness (QED) is 0.656. The fourth-order valence-electron chi connectivity index (χ4n) is 6.11. The molecule has 1 N–H and O–H groups in total. The highest BCUT2D eigenvalue weighted by atomic mass is 16.6. The summed E-state index contributed by atoms with van der Waals surface area (Å²) in [5.41, 5.74) is 0. The van der Waals surface area contributed by atoms with Crippen LogP contribution in [-0.4, -0.2) is 108 Å². The normalized spacial score (nSPS) is 30.6. The molecule has 31 heavy (non-hydrogen) atoms. The van der Waals surface area contributed by atoms with E-state index in [0.717, 1.165) is 31.5 Å². The van der Waals surface area contributed by atoms with Crippen molar-refractivity contribution in [1.29, 1.82) is 0 Å². The Hall–Kier alpha value is -1.38. The van der Waals surface area contributed by atoms with Crippen LogP contribution in [0.15, 0.2) is 0 Å². The molecule has 0 aromatic carbocycles. The minimum Gasteiger partial charge on any atom is -0.480 e. The van der Waals surface area contributed by atoms with Crippen molar-refractivity contribution in [3.63, 3.8) is 0 Å². The van der Waals surface area contributed by atoms with Gasteiger partial charge < -0.3 is 19.6 Å². The van der Waals surface area contributed by atoms with E-state index in [1.54, 1.807) is 11.9 Å². The monoisotopic (exact) mass is 436 g/mol. The number of likely N-dealkylation sites (tertiary alicyclic amines) is 1. The predicted molar refractivity (Wildman–Crippen MR) is 118 cm³/mol. The van der Waals surface area contributed by atoms with Gasteiger partial charge in [0.2, 0.25) is 0 Å². The van der Waals surface area contributed by atoms with Gasteiger partial charge in [0.1, 0.15) is 0 Å². The molecular formula is C23H40N4O4. The number of likely N-dealkylation sites (N-methyl/N-ethyl adjacent to an activating group) is 1. The number of carbonyl (C=O) groups is 2. The molecule has 0 aromatic rings. The molecular weight excluding hydrogens is 396 g/mol. The number of carboxylic acid groups (broad SMARTS) is 1. The highest BCUT2D eigenvalue weighted by molar-refractivity contribution is 5.69. The second kappa shape index (κ2) is 10.5. The van der Waals surface area contributed by atoms with E-state index in [9.17, 15) is 14.7 Å². The van der Waals surface area contributed by atoms with Gasteiger partial charge in [0.25, 0.3) is 0 Å². The summed E-state index contributed by atoms with van der Waals surface area (Å²) in [5, 5.41) is 9.23. The van der Waals surface area contributed by atoms with Crippen molar-refractivity contribution in [1.82, 2.24) is 19.6 Å². The molecule has 1 saturated carbocycles. The Morgan fingerprint density at radius 2 is 1.74 bits per heavy atom. The van der Waals surface area contributed by atoms with Crippen molar-refractivity contribution in [3.05, 3.63) is 0 Å². The Kier molecular flexibility index (Phi) is 7.72. The number of piperazine rings is 1. The van der Waals surface area contributed by atoms with Crippen LogP contribution in [0.2, 0.25) is 0 Å². The zero-order valence-electron chi connectivity index (χ0n) is 19.1. The molecule has 176 valence electrons. The first-order valence-electron chi connectivity index (χ1n) is 12.4. The third-order valence-corrected chi connectivity index (χ3v) is 7.97. The van der Waals surface area contributed by atoms with Crippen LogP contribution in [0.1, 0.15) is 57.8 Å². The van der Waals surface area contributed by atoms with Crippen molar-refractivity contribution in [2.45, 2.75) is 76.1 Å². The van der Waals surface area contributed by atoms with Crippen LogP contribution < -0.4 is 0 Å². The number of cyclic esters (lactones) is 1. The molecule has 3 aliphatic heterocycles. The number of carboxylic acids is 1. The molecule has 4 aliphatic rings. The minimum atomic E-state index is -0.769. The van der Waals surface area contributed by atoms with Crippen molar-refractivity contribution >= 4 is 12.1 Å². The summed E-state index contributed by atoms with van der Waals surface area (Å²) in [5.74, 6) is -0.0142. The lowest BCUT2D eigenvalue weighted by atomic mass is 9.87. The first-order chi connectivity index (χ1) is 15.0. The van der Waals surface area contributed by atoms with E-state index in [2.05, 4.69) is 9.80 Å². The van der Waals surface area contributed by atoms with E-state index < -0.39 is 5.97 Å². The number of rotatable bonds is 7. The van der Waals surface area contributed by atoms with Gasteiger partial charge >= 0.3 is 12.1 Å². The number of nitrogens with zero attached hydrogens (tertiary/aromatic N) is 4. The molecule has 4 rings (SSSR count). The first-order valence-corrected chi connectivity index (χ1v) is 12.4. The van der Waals surface area contributed by atoms with Crippen LogP contribution in [-0.2, 0) is 9.53 Å². The van der Waals surface area contributed by atoms with Crippen LogP contribution in [0.25, 0.3) is 0 Å². The average Bonchev–Trinajstić information content (AvgIpc) is 3.11. The van der Waals surface area contributed by atoms with E-state index in [1.165, 1.54) is 64.5 Å². The van der Waals surface area contributed by atoms with Crippen LogP contribution >= 0.6 is 0 Å². The molecule has 3 saturated heterocycles. The summed E-state index contributed by atoms with van der Waals surface area (Å²) in [4.78, 5) is 31.8. The summed E-state index contributed by atoms with van der Waals surface area (Å²) in [7, 11) is 1.78. The van der Waals surface area contributed by atoms with E-state index in [1.807, 2.05) is 4.90 Å². The largest absolute Gasteiger partial charge is 0.480 e. The van der Waals surface area contributed by atoms with Crippen LogP contribution in [0.4, 0.5) is 4.79 Å². The lowest BCUT2D eigenvalue weighted by Crippen LogP contribution is -2.58. The summed E-state index contributed by atoms with van der Waals surface area (Å²) < 4.78 is 5.60. The number of carbonyl (C=O) groups excluding carboxylic acids is 1. The number of aliphatic carboxylic acids is 1. The first kappa shape index (κ1) is 22.8. The molecule has 3 heterocycles. The lowest BCUT2D eigenvalue weighted by Gasteiger charge is -2.44. The topological polar surface area (TPSA) is 76.6 Å². The fourth-order valence-corrected chi connectivity index (χ4v) is 6.11. The van der Waals surface area contributed by atoms with Gasteiger partial charge in [-0.2, -0.15) is 0 Å². The van der Waals surface area contributed by atoms with Crippen molar-refractivity contribution in [3.8, 4) is 0 Å². The van der Waals surface area contributed by atoms with Crippen molar-refractivity contribution < 1.29 is 19.4 Å². The Balaban J connectivity index is 1.29. The zero-order chi connectivity index (χ0) is 21.8. The van der Waals surface area contributed by atoms with Gasteiger partial charge in [-0.05, 0) is 57.5 Å². The van der Waals surface area contributed by atoms with Gasteiger partial charge in [0, 0.05) is 38.8 Å². The summed E-state index contributed by atoms with van der Waals surface area (Å²) >= 11 is 0. The molecule has 8 nitrogen and oxygen atoms in total. The average molecular weight is 437 g/mol. The second-order valence-electron chi connectivity index (χ2n) is 10.1. The molecule has 2 unspecified atom stereocenters. The molecule has 0 radical (unpaired) electrons. The standard InChI is InChI=1S/C23H40N4O4/c1-24-16-21(31-23(24)30)27-14-13-25(17-22(28)29)15-20(27)8-7-18-9-11-26(12-10-18)19-5-3-2-4-6-19/h18-21H,2-17H2,1H3,(H,28,29). The van der Waals surface area contributed by atoms with Crippen LogP contribution in [0, 0.1) is 5.92 Å². The number of piperidine rings is 1. The molecule has 4 fully saturated rings. The van der Waals surface area contributed by atoms with E-state index in [-0.39, 0.29) is 24.9 Å². The molecule has 1 amide bonds. The van der Waals surface area contributed by atoms with E-state index in [0.29, 0.717) is 13.1 Å². The third kappa shape index (κ3) is 5.90. The zero-order valence-corrected chi connectivity index (χ0v) is 19.1. The number of ether oxygens (including phenoxy) is 1. The summed E-state index contributed by atoms with van der Waals surface area (Å²) in [6.07, 6.45) is 11.3. The van der Waals surface area contributed by atoms with E-state index in [4.69, 9.17) is 4.74 Å². The smallest absolute Gasteiger partial charge is 0.411 e. The molecule has 0 bridgehead atoms. The summed E-state index contributed by atoms with van der Waals surface area (Å²) in [6, 6.07) is 1.07. The second-order valence-corrected chi connectivity index (χ2v) is 10.1. The molecule has 8 heteroatoms. The maximum atomic E-state index is 11.9. The maximum absolute atomic E-state index is 11.9. The highest BCUT2D eigenvalue weighted by Gasteiger charge is 2.39. The molecule has 0 aromatic heterocycles. The Morgan fingerprint density at radius 1 is 1.00 bits per heavy atom. The maximum Gasteiger partial charge on any atom is 0.411 e. The minimum absolute atomic E-state index is 0.0917. The Bertz CT molecular complexity index is 619. The van der Waals surface area contributed by atoms with Crippen molar-refractivity contribution in [2.24, 2.45) is 5.92 Å². The molecule has 1 aliphatic carbocycles. The van der Waals surface area contributed by atoms with Crippen molar-refractivity contribution in [2.75, 3.05) is 52.9 Å². The SMILES string of the molecule is CN1CC(N2CCN(CC(=O)O)CC2CCC2CCN(C3CCCCC3)CC2)OC1=O. The molecule has 2 atom stereocenters. The van der Waals surface area contributed by atoms with Gasteiger partial charge in [0.15, 0.2) is 6.23 Å². The highest BCUT2D eigenvalue weighted by Crippen LogP contribution is 2.30. The van der Waals surface area contributed by atoms with Gasteiger partial charge in [0.05, 0.1) is 13.1 Å². The van der Waals surface area contributed by atoms with Gasteiger partial charge in [-0.15, -0.1) is 0 Å². The van der Waals surface area contributed by atoms with Crippen LogP contribution in [0.3, 0.4) is 0 Å². The predicted octanol–water partition coefficient (Wildman–Crippen LogP) is 2.29. The third-order valence-electron chi connectivity index (χ3n) is 7.97.